The summed E-state index contributed by atoms with van der Waals surface area (Å²) in [6, 6.07) is 10.8. The van der Waals surface area contributed by atoms with E-state index in [9.17, 15) is 4.39 Å². The Morgan fingerprint density at radius 1 is 1.33 bits per heavy atom. The smallest absolute Gasteiger partial charge is 0.132 e. The van der Waals surface area contributed by atoms with Crippen LogP contribution in [0.25, 0.3) is 10.4 Å². The number of nitrogens with one attached hydrogen (secondary N) is 1. The third-order valence-electron chi connectivity index (χ3n) is 2.59. The maximum atomic E-state index is 14.0. The molecule has 2 aromatic rings. The van der Waals surface area contributed by atoms with Crippen LogP contribution in [0.2, 0.25) is 0 Å². The molecular formula is C14H13FN2S. The van der Waals surface area contributed by atoms with E-state index in [-0.39, 0.29) is 5.82 Å². The summed E-state index contributed by atoms with van der Waals surface area (Å²) in [5.74, 6) is -0.239. The molecule has 0 aliphatic heterocycles. The Morgan fingerprint density at radius 2 is 2.17 bits per heavy atom. The second-order valence-electron chi connectivity index (χ2n) is 3.87. The molecule has 0 aliphatic carbocycles. The number of thiophene rings is 1. The highest BCUT2D eigenvalue weighted by atomic mass is 32.1. The average Bonchev–Trinajstić information content (AvgIpc) is 2.85. The van der Waals surface area contributed by atoms with Crippen molar-refractivity contribution in [3.05, 3.63) is 46.6 Å². The molecule has 18 heavy (non-hydrogen) atoms. The van der Waals surface area contributed by atoms with E-state index in [2.05, 4.69) is 11.4 Å². The van der Waals surface area contributed by atoms with Gasteiger partial charge in [-0.05, 0) is 30.3 Å². The van der Waals surface area contributed by atoms with Crippen LogP contribution in [0.5, 0.6) is 0 Å². The van der Waals surface area contributed by atoms with E-state index in [0.717, 1.165) is 17.0 Å². The fourth-order valence-corrected chi connectivity index (χ4v) is 2.51. The van der Waals surface area contributed by atoms with Crippen molar-refractivity contribution >= 4 is 11.3 Å². The Labute approximate surface area is 110 Å². The predicted octanol–water partition coefficient (Wildman–Crippen LogP) is 3.54. The summed E-state index contributed by atoms with van der Waals surface area (Å²) in [4.78, 5) is 1.39. The van der Waals surface area contributed by atoms with E-state index in [4.69, 9.17) is 5.26 Å². The normalized spacial score (nSPS) is 10.3. The maximum absolute atomic E-state index is 14.0. The molecule has 1 aromatic carbocycles. The van der Waals surface area contributed by atoms with Gasteiger partial charge in [0.2, 0.25) is 0 Å². The minimum absolute atomic E-state index is 0.239. The molecule has 92 valence electrons. The van der Waals surface area contributed by atoms with Crippen molar-refractivity contribution in [3.63, 3.8) is 0 Å². The molecule has 1 N–H and O–H groups in total. The molecule has 0 aliphatic rings. The standard InChI is InChI=1S/C14H13FN2S/c1-2-17-9-10-3-5-12(13(15)7-10)14-6-4-11(8-16)18-14/h3-7,17H,2,9H2,1H3. The van der Waals surface area contributed by atoms with Crippen molar-refractivity contribution in [1.82, 2.24) is 5.32 Å². The van der Waals surface area contributed by atoms with Gasteiger partial charge in [0.25, 0.3) is 0 Å². The van der Waals surface area contributed by atoms with Crippen molar-refractivity contribution in [1.29, 1.82) is 5.26 Å². The zero-order valence-electron chi connectivity index (χ0n) is 10.0. The quantitative estimate of drug-likeness (QED) is 0.912. The lowest BCUT2D eigenvalue weighted by Crippen LogP contribution is -2.11. The van der Waals surface area contributed by atoms with Crippen molar-refractivity contribution in [2.45, 2.75) is 13.5 Å². The van der Waals surface area contributed by atoms with Crippen molar-refractivity contribution in [3.8, 4) is 16.5 Å². The summed E-state index contributed by atoms with van der Waals surface area (Å²) < 4.78 is 14.0. The second-order valence-corrected chi connectivity index (χ2v) is 4.95. The number of hydrogen-bond donors (Lipinski definition) is 1. The zero-order chi connectivity index (χ0) is 13.0. The summed E-state index contributed by atoms with van der Waals surface area (Å²) in [6.45, 7) is 3.54. The molecule has 0 fully saturated rings. The molecule has 1 heterocycles. The molecule has 0 unspecified atom stereocenters. The van der Waals surface area contributed by atoms with E-state index in [1.807, 2.05) is 13.0 Å². The Balaban J connectivity index is 2.27. The lowest BCUT2D eigenvalue weighted by molar-refractivity contribution is 0.625. The number of hydrogen-bond acceptors (Lipinski definition) is 3. The fraction of sp³-hybridized carbons (Fsp3) is 0.214. The van der Waals surface area contributed by atoms with Crippen LogP contribution in [-0.2, 0) is 6.54 Å². The minimum Gasteiger partial charge on any atom is -0.313 e. The van der Waals surface area contributed by atoms with Gasteiger partial charge in [-0.1, -0.05) is 19.1 Å². The third kappa shape index (κ3) is 2.76. The maximum Gasteiger partial charge on any atom is 0.132 e. The lowest BCUT2D eigenvalue weighted by atomic mass is 10.1. The first-order chi connectivity index (χ1) is 8.74. The molecule has 2 nitrogen and oxygen atoms in total. The molecule has 0 saturated heterocycles. The van der Waals surface area contributed by atoms with Crippen LogP contribution >= 0.6 is 11.3 Å². The van der Waals surface area contributed by atoms with Gasteiger partial charge in [-0.2, -0.15) is 5.26 Å². The summed E-state index contributed by atoms with van der Waals surface area (Å²) >= 11 is 1.31. The highest BCUT2D eigenvalue weighted by Crippen LogP contribution is 2.30. The third-order valence-corrected chi connectivity index (χ3v) is 3.62. The molecule has 0 radical (unpaired) electrons. The molecule has 0 amide bonds. The fourth-order valence-electron chi connectivity index (χ4n) is 1.68. The van der Waals surface area contributed by atoms with Gasteiger partial charge in [0.05, 0.1) is 0 Å². The van der Waals surface area contributed by atoms with E-state index in [1.165, 1.54) is 11.3 Å². The van der Waals surface area contributed by atoms with Crippen LogP contribution in [0, 0.1) is 17.1 Å². The number of nitriles is 1. The van der Waals surface area contributed by atoms with Crippen molar-refractivity contribution < 1.29 is 4.39 Å². The van der Waals surface area contributed by atoms with Crippen LogP contribution in [0.1, 0.15) is 17.4 Å². The Hall–Kier alpha value is -1.70. The van der Waals surface area contributed by atoms with Gasteiger partial charge in [0.1, 0.15) is 16.8 Å². The highest BCUT2D eigenvalue weighted by Gasteiger charge is 2.08. The number of benzene rings is 1. The van der Waals surface area contributed by atoms with E-state index >= 15 is 0 Å². The van der Waals surface area contributed by atoms with Gasteiger partial charge in [-0.3, -0.25) is 0 Å². The zero-order valence-corrected chi connectivity index (χ0v) is 10.9. The lowest BCUT2D eigenvalue weighted by Gasteiger charge is -2.05. The molecule has 0 spiro atoms. The van der Waals surface area contributed by atoms with Crippen molar-refractivity contribution in [2.24, 2.45) is 0 Å². The molecule has 0 atom stereocenters. The van der Waals surface area contributed by atoms with Gasteiger partial charge >= 0.3 is 0 Å². The summed E-state index contributed by atoms with van der Waals surface area (Å²) in [6.07, 6.45) is 0. The average molecular weight is 260 g/mol. The largest absolute Gasteiger partial charge is 0.313 e. The monoisotopic (exact) mass is 260 g/mol. The molecule has 0 saturated carbocycles. The summed E-state index contributed by atoms with van der Waals surface area (Å²) in [5, 5.41) is 11.9. The Morgan fingerprint density at radius 3 is 2.78 bits per heavy atom. The number of halogens is 1. The molecular weight excluding hydrogens is 247 g/mol. The van der Waals surface area contributed by atoms with Crippen molar-refractivity contribution in [2.75, 3.05) is 6.54 Å². The van der Waals surface area contributed by atoms with Gasteiger partial charge in [0, 0.05) is 17.0 Å². The summed E-state index contributed by atoms with van der Waals surface area (Å²) in [7, 11) is 0. The van der Waals surface area contributed by atoms with Crippen LogP contribution < -0.4 is 5.32 Å². The van der Waals surface area contributed by atoms with Crippen LogP contribution in [0.4, 0.5) is 4.39 Å². The molecule has 0 bridgehead atoms. The Bertz CT molecular complexity index is 584. The van der Waals surface area contributed by atoms with E-state index in [0.29, 0.717) is 17.0 Å². The molecule has 2 rings (SSSR count). The number of rotatable bonds is 4. The predicted molar refractivity (Wildman–Crippen MR) is 71.8 cm³/mol. The van der Waals surface area contributed by atoms with E-state index < -0.39 is 0 Å². The van der Waals surface area contributed by atoms with Gasteiger partial charge in [0.15, 0.2) is 0 Å². The van der Waals surface area contributed by atoms with Crippen LogP contribution in [-0.4, -0.2) is 6.54 Å². The SMILES string of the molecule is CCNCc1ccc(-c2ccc(C#N)s2)c(F)c1. The highest BCUT2D eigenvalue weighted by molar-refractivity contribution is 7.16. The minimum atomic E-state index is -0.239. The van der Waals surface area contributed by atoms with Crippen LogP contribution in [0.15, 0.2) is 30.3 Å². The molecule has 4 heteroatoms. The first-order valence-corrected chi connectivity index (χ1v) is 6.55. The second kappa shape index (κ2) is 5.76. The number of nitrogens with zero attached hydrogens (tertiary/aromatic N) is 1. The van der Waals surface area contributed by atoms with E-state index in [1.54, 1.807) is 24.3 Å². The van der Waals surface area contributed by atoms with Gasteiger partial charge < -0.3 is 5.32 Å². The topological polar surface area (TPSA) is 35.8 Å². The first-order valence-electron chi connectivity index (χ1n) is 5.74. The molecule has 1 aromatic heterocycles. The Kier molecular flexibility index (Phi) is 4.08. The summed E-state index contributed by atoms with van der Waals surface area (Å²) in [5.41, 5.74) is 1.48. The first kappa shape index (κ1) is 12.7. The van der Waals surface area contributed by atoms with Crippen LogP contribution in [0.3, 0.4) is 0 Å². The van der Waals surface area contributed by atoms with Gasteiger partial charge in [-0.15, -0.1) is 11.3 Å². The van der Waals surface area contributed by atoms with Gasteiger partial charge in [-0.25, -0.2) is 4.39 Å².